The Labute approximate surface area is 100 Å². The van der Waals surface area contributed by atoms with E-state index in [9.17, 15) is 0 Å². The zero-order valence-electron chi connectivity index (χ0n) is 9.77. The molecule has 1 N–H and O–H groups in total. The molecule has 3 aromatic rings. The highest BCUT2D eigenvalue weighted by Crippen LogP contribution is 2.30. The van der Waals surface area contributed by atoms with Crippen LogP contribution in [-0.2, 0) is 0 Å². The molecule has 0 saturated carbocycles. The van der Waals surface area contributed by atoms with Gasteiger partial charge in [-0.15, -0.1) is 0 Å². The molecule has 0 amide bonds. The van der Waals surface area contributed by atoms with Gasteiger partial charge in [0.05, 0.1) is 16.7 Å². The maximum absolute atomic E-state index is 4.68. The molecule has 17 heavy (non-hydrogen) atoms. The summed E-state index contributed by atoms with van der Waals surface area (Å²) in [5.41, 5.74) is 3.28. The van der Waals surface area contributed by atoms with Gasteiger partial charge in [0.25, 0.3) is 0 Å². The van der Waals surface area contributed by atoms with E-state index < -0.39 is 0 Å². The van der Waals surface area contributed by atoms with Gasteiger partial charge in [-0.3, -0.25) is 0 Å². The fourth-order valence-corrected chi connectivity index (χ4v) is 2.21. The third-order valence-electron chi connectivity index (χ3n) is 2.94. The second kappa shape index (κ2) is 4.06. The van der Waals surface area contributed by atoms with Crippen LogP contribution in [0.2, 0.25) is 0 Å². The summed E-state index contributed by atoms with van der Waals surface area (Å²) in [5, 5.41) is 5.83. The van der Waals surface area contributed by atoms with Crippen LogP contribution in [0.15, 0.2) is 48.5 Å². The number of nitrogens with zero attached hydrogens (tertiary/aromatic N) is 1. The minimum atomic E-state index is 0.915. The number of fused-ring (bicyclic) bond motifs is 2. The van der Waals surface area contributed by atoms with Gasteiger partial charge < -0.3 is 5.32 Å². The van der Waals surface area contributed by atoms with Gasteiger partial charge >= 0.3 is 0 Å². The van der Waals surface area contributed by atoms with Crippen LogP contribution in [0.1, 0.15) is 6.92 Å². The number of hydrogen-bond donors (Lipinski definition) is 1. The molecule has 0 saturated heterocycles. The predicted octanol–water partition coefficient (Wildman–Crippen LogP) is 3.82. The van der Waals surface area contributed by atoms with Crippen molar-refractivity contribution in [2.24, 2.45) is 0 Å². The van der Waals surface area contributed by atoms with Crippen LogP contribution in [0.4, 0.5) is 5.69 Å². The van der Waals surface area contributed by atoms with Crippen LogP contribution in [0.3, 0.4) is 0 Å². The molecule has 0 unspecified atom stereocenters. The second-order valence-electron chi connectivity index (χ2n) is 4.05. The van der Waals surface area contributed by atoms with E-state index in [0.29, 0.717) is 0 Å². The molecule has 0 fully saturated rings. The summed E-state index contributed by atoms with van der Waals surface area (Å²) in [6.45, 7) is 3.03. The summed E-state index contributed by atoms with van der Waals surface area (Å²) < 4.78 is 0. The molecule has 3 rings (SSSR count). The van der Waals surface area contributed by atoms with Crippen LogP contribution < -0.4 is 5.32 Å². The van der Waals surface area contributed by atoms with Crippen molar-refractivity contribution in [3.8, 4) is 0 Å². The normalized spacial score (nSPS) is 10.9. The average molecular weight is 222 g/mol. The number of hydrogen-bond acceptors (Lipinski definition) is 2. The van der Waals surface area contributed by atoms with Gasteiger partial charge in [-0.05, 0) is 19.1 Å². The quantitative estimate of drug-likeness (QED) is 0.667. The van der Waals surface area contributed by atoms with Gasteiger partial charge in [0, 0.05) is 17.3 Å². The van der Waals surface area contributed by atoms with Gasteiger partial charge in [-0.25, -0.2) is 4.98 Å². The third kappa shape index (κ3) is 1.62. The van der Waals surface area contributed by atoms with Gasteiger partial charge in [-0.1, -0.05) is 36.4 Å². The molecule has 2 nitrogen and oxygen atoms in total. The Kier molecular flexibility index (Phi) is 2.41. The van der Waals surface area contributed by atoms with E-state index >= 15 is 0 Å². The van der Waals surface area contributed by atoms with E-state index in [-0.39, 0.29) is 0 Å². The maximum atomic E-state index is 4.68. The molecule has 84 valence electrons. The first-order valence-electron chi connectivity index (χ1n) is 5.91. The maximum Gasteiger partial charge on any atom is 0.0730 e. The zero-order chi connectivity index (χ0) is 11.7. The van der Waals surface area contributed by atoms with Gasteiger partial charge in [0.2, 0.25) is 0 Å². The van der Waals surface area contributed by atoms with E-state index in [1.807, 2.05) is 12.1 Å². The minimum Gasteiger partial charge on any atom is -0.384 e. The number of rotatable bonds is 2. The minimum absolute atomic E-state index is 0.915. The van der Waals surface area contributed by atoms with Crippen molar-refractivity contribution in [2.45, 2.75) is 6.92 Å². The lowest BCUT2D eigenvalue weighted by Crippen LogP contribution is -1.99. The van der Waals surface area contributed by atoms with Gasteiger partial charge in [0.1, 0.15) is 0 Å². The number of anilines is 1. The van der Waals surface area contributed by atoms with Crippen LogP contribution in [0.5, 0.6) is 0 Å². The summed E-state index contributed by atoms with van der Waals surface area (Å²) in [7, 11) is 0. The summed E-state index contributed by atoms with van der Waals surface area (Å²) in [6, 6.07) is 16.5. The monoisotopic (exact) mass is 222 g/mol. The van der Waals surface area contributed by atoms with E-state index in [1.165, 1.54) is 16.5 Å². The Morgan fingerprint density at radius 1 is 0.882 bits per heavy atom. The molecular weight excluding hydrogens is 208 g/mol. The smallest absolute Gasteiger partial charge is 0.0730 e. The van der Waals surface area contributed by atoms with Crippen molar-refractivity contribution in [1.29, 1.82) is 0 Å². The van der Waals surface area contributed by atoms with Crippen molar-refractivity contribution in [3.05, 3.63) is 48.5 Å². The largest absolute Gasteiger partial charge is 0.384 e. The molecule has 0 aliphatic heterocycles. The fraction of sp³-hybridized carbons (Fsp3) is 0.133. The number of pyridine rings is 1. The number of aromatic nitrogens is 1. The summed E-state index contributed by atoms with van der Waals surface area (Å²) in [5.74, 6) is 0. The molecule has 2 aromatic carbocycles. The molecular formula is C15H14N2. The van der Waals surface area contributed by atoms with Crippen LogP contribution in [0.25, 0.3) is 21.8 Å². The van der Waals surface area contributed by atoms with Crippen LogP contribution in [0, 0.1) is 0 Å². The van der Waals surface area contributed by atoms with Crippen molar-refractivity contribution in [1.82, 2.24) is 4.98 Å². The Morgan fingerprint density at radius 3 is 1.94 bits per heavy atom. The third-order valence-corrected chi connectivity index (χ3v) is 2.94. The molecule has 0 spiro atoms. The van der Waals surface area contributed by atoms with Crippen molar-refractivity contribution in [2.75, 3.05) is 11.9 Å². The van der Waals surface area contributed by atoms with Crippen molar-refractivity contribution >= 4 is 27.5 Å². The predicted molar refractivity (Wildman–Crippen MR) is 73.4 cm³/mol. The van der Waals surface area contributed by atoms with E-state index in [1.54, 1.807) is 0 Å². The van der Waals surface area contributed by atoms with E-state index in [4.69, 9.17) is 0 Å². The first-order chi connectivity index (χ1) is 8.40. The Hall–Kier alpha value is -2.09. The fourth-order valence-electron chi connectivity index (χ4n) is 2.21. The van der Waals surface area contributed by atoms with Crippen molar-refractivity contribution in [3.63, 3.8) is 0 Å². The van der Waals surface area contributed by atoms with Crippen LogP contribution in [-0.4, -0.2) is 11.5 Å². The standard InChI is InChI=1S/C15H14N2/c1-2-16-15-11-7-3-5-9-13(11)17-14-10-6-4-8-12(14)15/h3-10H,2H2,1H3,(H,16,17). The number of nitrogens with one attached hydrogen (secondary N) is 1. The highest BCUT2D eigenvalue weighted by Gasteiger charge is 2.06. The highest BCUT2D eigenvalue weighted by atomic mass is 14.9. The average Bonchev–Trinajstić information content (AvgIpc) is 2.39. The molecule has 0 radical (unpaired) electrons. The lowest BCUT2D eigenvalue weighted by atomic mass is 10.1. The summed E-state index contributed by atoms with van der Waals surface area (Å²) in [4.78, 5) is 4.68. The molecule has 2 heteroatoms. The molecule has 1 aromatic heterocycles. The zero-order valence-corrected chi connectivity index (χ0v) is 9.77. The van der Waals surface area contributed by atoms with Crippen LogP contribution >= 0.6 is 0 Å². The Morgan fingerprint density at radius 2 is 1.41 bits per heavy atom. The lowest BCUT2D eigenvalue weighted by Gasteiger charge is -2.11. The summed E-state index contributed by atoms with van der Waals surface area (Å²) in [6.07, 6.45) is 0. The molecule has 1 heterocycles. The Balaban J connectivity index is 2.47. The second-order valence-corrected chi connectivity index (χ2v) is 4.05. The first kappa shape index (κ1) is 10.1. The van der Waals surface area contributed by atoms with Crippen molar-refractivity contribution < 1.29 is 0 Å². The number of para-hydroxylation sites is 2. The Bertz CT molecular complexity index is 620. The van der Waals surface area contributed by atoms with E-state index in [2.05, 4.69) is 53.6 Å². The SMILES string of the molecule is CCNc1c2ccccc2nc2ccccc12. The number of benzene rings is 2. The molecule has 0 bridgehead atoms. The molecule has 0 aliphatic rings. The molecule has 0 atom stereocenters. The first-order valence-corrected chi connectivity index (χ1v) is 5.91. The highest BCUT2D eigenvalue weighted by molar-refractivity contribution is 6.07. The summed E-state index contributed by atoms with van der Waals surface area (Å²) >= 11 is 0. The van der Waals surface area contributed by atoms with Gasteiger partial charge in [0.15, 0.2) is 0 Å². The van der Waals surface area contributed by atoms with Gasteiger partial charge in [-0.2, -0.15) is 0 Å². The lowest BCUT2D eigenvalue weighted by molar-refractivity contribution is 1.22. The molecule has 0 aliphatic carbocycles. The van der Waals surface area contributed by atoms with E-state index in [0.717, 1.165) is 17.6 Å². The topological polar surface area (TPSA) is 24.9 Å².